The van der Waals surface area contributed by atoms with Crippen molar-refractivity contribution in [1.29, 1.82) is 0 Å². The van der Waals surface area contributed by atoms with Gasteiger partial charge in [-0.25, -0.2) is 14.6 Å². The molecule has 0 radical (unpaired) electrons. The Balaban J connectivity index is 3.00. The van der Waals surface area contributed by atoms with Crippen molar-refractivity contribution in [1.82, 2.24) is 14.9 Å². The van der Waals surface area contributed by atoms with Gasteiger partial charge in [-0.15, -0.1) is 0 Å². The van der Waals surface area contributed by atoms with Crippen LogP contribution in [0.1, 0.15) is 27.7 Å². The Kier molecular flexibility index (Phi) is 7.04. The largest absolute Gasteiger partial charge is 0.461 e. The summed E-state index contributed by atoms with van der Waals surface area (Å²) in [6.07, 6.45) is 5.50. The summed E-state index contributed by atoms with van der Waals surface area (Å²) in [4.78, 5) is 27.6. The Morgan fingerprint density at radius 1 is 1.32 bits per heavy atom. The van der Waals surface area contributed by atoms with Crippen LogP contribution in [0, 0.1) is 0 Å². The monoisotopic (exact) mass is 351 g/mol. The van der Waals surface area contributed by atoms with Crippen molar-refractivity contribution in [2.45, 2.75) is 33.3 Å². The number of carbonyl (C=O) groups excluding carboxylic acids is 2. The average molecular weight is 351 g/mol. The number of amides is 1. The second kappa shape index (κ2) is 8.76. The smallest absolute Gasteiger partial charge is 0.407 e. The molecule has 1 amide bonds. The maximum Gasteiger partial charge on any atom is 0.407 e. The summed E-state index contributed by atoms with van der Waals surface area (Å²) in [5.41, 5.74) is 11.3. The third kappa shape index (κ3) is 6.98. The first kappa shape index (κ1) is 20.1. The Hall–Kier alpha value is -2.97. The van der Waals surface area contributed by atoms with E-state index in [1.807, 2.05) is 0 Å². The molecule has 0 aliphatic heterocycles. The highest BCUT2D eigenvalue weighted by Crippen LogP contribution is 2.09. The van der Waals surface area contributed by atoms with E-state index in [0.29, 0.717) is 0 Å². The lowest BCUT2D eigenvalue weighted by atomic mass is 10.2. The molecule has 25 heavy (non-hydrogen) atoms. The van der Waals surface area contributed by atoms with Crippen LogP contribution in [0.25, 0.3) is 5.82 Å². The van der Waals surface area contributed by atoms with E-state index in [4.69, 9.17) is 20.9 Å². The molecule has 0 saturated carbocycles. The van der Waals surface area contributed by atoms with Crippen molar-refractivity contribution < 1.29 is 19.1 Å². The Morgan fingerprint density at radius 2 is 2.00 bits per heavy atom. The Bertz CT molecular complexity index is 657. The number of nitrogens with two attached hydrogens (primary N) is 2. The van der Waals surface area contributed by atoms with Crippen LogP contribution in [0.5, 0.6) is 0 Å². The zero-order chi connectivity index (χ0) is 19.0. The summed E-state index contributed by atoms with van der Waals surface area (Å²) in [7, 11) is 0. The lowest BCUT2D eigenvalue weighted by Crippen LogP contribution is -2.34. The number of aromatic nitrogens is 2. The number of nitrogens with one attached hydrogen (secondary N) is 1. The van der Waals surface area contributed by atoms with Crippen LogP contribution < -0.4 is 16.8 Å². The van der Waals surface area contributed by atoms with Gasteiger partial charge in [0, 0.05) is 24.5 Å². The standard InChI is InChI=1S/C16H25N5O4/c1-5-24-14(22)13(18)11(8-12(17)21-7-6-19-10-21)9-20-15(23)25-16(2,3)4/h6-8,10H,5,9,17-18H2,1-4H3,(H,20,23)/b12-8+,13-11+. The molecule has 0 aromatic carbocycles. The Morgan fingerprint density at radius 3 is 2.52 bits per heavy atom. The summed E-state index contributed by atoms with van der Waals surface area (Å²) >= 11 is 0. The number of alkyl carbamates (subject to hydrolysis) is 1. The second-order valence-electron chi connectivity index (χ2n) is 6.05. The molecule has 1 aromatic rings. The number of rotatable bonds is 6. The van der Waals surface area contributed by atoms with Gasteiger partial charge in [0.2, 0.25) is 0 Å². The van der Waals surface area contributed by atoms with Crippen LogP contribution >= 0.6 is 0 Å². The number of nitrogens with zero attached hydrogens (tertiary/aromatic N) is 2. The van der Waals surface area contributed by atoms with E-state index >= 15 is 0 Å². The van der Waals surface area contributed by atoms with Crippen LogP contribution in [0.15, 0.2) is 36.1 Å². The van der Waals surface area contributed by atoms with Gasteiger partial charge in [0.15, 0.2) is 0 Å². The highest BCUT2D eigenvalue weighted by atomic mass is 16.6. The number of imidazole rings is 1. The van der Waals surface area contributed by atoms with E-state index in [2.05, 4.69) is 10.3 Å². The lowest BCUT2D eigenvalue weighted by Gasteiger charge is -2.20. The van der Waals surface area contributed by atoms with E-state index in [1.165, 1.54) is 17.0 Å². The number of carbonyl (C=O) groups is 2. The minimum absolute atomic E-state index is 0.0606. The van der Waals surface area contributed by atoms with Crippen LogP contribution in [-0.2, 0) is 14.3 Å². The van der Waals surface area contributed by atoms with Gasteiger partial charge in [0.05, 0.1) is 6.61 Å². The molecule has 0 aliphatic carbocycles. The fourth-order valence-electron chi connectivity index (χ4n) is 1.71. The molecular formula is C16H25N5O4. The topological polar surface area (TPSA) is 134 Å². The summed E-state index contributed by atoms with van der Waals surface area (Å²) in [6, 6.07) is 0. The molecule has 0 bridgehead atoms. The zero-order valence-corrected chi connectivity index (χ0v) is 14.9. The minimum atomic E-state index is -0.696. The van der Waals surface area contributed by atoms with Gasteiger partial charge in [0.25, 0.3) is 0 Å². The molecule has 1 heterocycles. The van der Waals surface area contributed by atoms with E-state index in [-0.39, 0.29) is 30.2 Å². The van der Waals surface area contributed by atoms with Crippen molar-refractivity contribution in [3.05, 3.63) is 36.1 Å². The summed E-state index contributed by atoms with van der Waals surface area (Å²) < 4.78 is 11.6. The van der Waals surface area contributed by atoms with Crippen molar-refractivity contribution >= 4 is 17.9 Å². The van der Waals surface area contributed by atoms with E-state index in [1.54, 1.807) is 40.1 Å². The first-order valence-corrected chi connectivity index (χ1v) is 7.72. The fraction of sp³-hybridized carbons (Fsp3) is 0.438. The third-order valence-electron chi connectivity index (χ3n) is 2.79. The Labute approximate surface area is 146 Å². The summed E-state index contributed by atoms with van der Waals surface area (Å²) in [5.74, 6) is -0.427. The molecule has 0 aliphatic rings. The lowest BCUT2D eigenvalue weighted by molar-refractivity contribution is -0.138. The van der Waals surface area contributed by atoms with Crippen molar-refractivity contribution in [2.75, 3.05) is 13.2 Å². The molecule has 0 spiro atoms. The van der Waals surface area contributed by atoms with Gasteiger partial charge in [-0.2, -0.15) is 0 Å². The molecule has 9 heteroatoms. The van der Waals surface area contributed by atoms with Gasteiger partial charge >= 0.3 is 12.1 Å². The highest BCUT2D eigenvalue weighted by molar-refractivity contribution is 5.89. The average Bonchev–Trinajstić information content (AvgIpc) is 3.03. The number of hydrogen-bond acceptors (Lipinski definition) is 7. The fourth-order valence-corrected chi connectivity index (χ4v) is 1.71. The molecule has 0 fully saturated rings. The van der Waals surface area contributed by atoms with Crippen molar-refractivity contribution in [3.8, 4) is 0 Å². The van der Waals surface area contributed by atoms with E-state index in [0.717, 1.165) is 0 Å². The molecule has 1 rings (SSSR count). The van der Waals surface area contributed by atoms with Crippen molar-refractivity contribution in [2.24, 2.45) is 11.5 Å². The summed E-state index contributed by atoms with van der Waals surface area (Å²) in [6.45, 7) is 7.01. The van der Waals surface area contributed by atoms with Gasteiger partial charge in [0.1, 0.15) is 23.4 Å². The second-order valence-corrected chi connectivity index (χ2v) is 6.05. The maximum absolute atomic E-state index is 11.9. The quantitative estimate of drug-likeness (QED) is 0.394. The predicted octanol–water partition coefficient (Wildman–Crippen LogP) is 0.941. The number of ether oxygens (including phenoxy) is 2. The first-order valence-electron chi connectivity index (χ1n) is 7.72. The molecule has 9 nitrogen and oxygen atoms in total. The van der Waals surface area contributed by atoms with E-state index in [9.17, 15) is 9.59 Å². The van der Waals surface area contributed by atoms with Crippen LogP contribution in [0.4, 0.5) is 4.79 Å². The maximum atomic E-state index is 11.9. The number of hydrogen-bond donors (Lipinski definition) is 3. The molecule has 0 saturated heterocycles. The predicted molar refractivity (Wildman–Crippen MR) is 92.8 cm³/mol. The van der Waals surface area contributed by atoms with Gasteiger partial charge in [-0.1, -0.05) is 0 Å². The third-order valence-corrected chi connectivity index (χ3v) is 2.79. The summed E-state index contributed by atoms with van der Waals surface area (Å²) in [5, 5.41) is 2.54. The van der Waals surface area contributed by atoms with Crippen LogP contribution in [0.2, 0.25) is 0 Å². The van der Waals surface area contributed by atoms with Crippen molar-refractivity contribution in [3.63, 3.8) is 0 Å². The van der Waals surface area contributed by atoms with Gasteiger partial charge < -0.3 is 26.3 Å². The van der Waals surface area contributed by atoms with Crippen LogP contribution in [0.3, 0.4) is 0 Å². The number of esters is 1. The minimum Gasteiger partial charge on any atom is -0.461 e. The molecule has 138 valence electrons. The molecule has 0 atom stereocenters. The first-order chi connectivity index (χ1) is 11.6. The highest BCUT2D eigenvalue weighted by Gasteiger charge is 2.18. The van der Waals surface area contributed by atoms with Gasteiger partial charge in [-0.05, 0) is 33.8 Å². The zero-order valence-electron chi connectivity index (χ0n) is 14.9. The molecule has 5 N–H and O–H groups in total. The normalized spacial score (nSPS) is 13.0. The molecule has 0 unspecified atom stereocenters. The molecular weight excluding hydrogens is 326 g/mol. The molecule has 1 aromatic heterocycles. The van der Waals surface area contributed by atoms with Crippen LogP contribution in [-0.4, -0.2) is 40.4 Å². The van der Waals surface area contributed by atoms with E-state index < -0.39 is 17.7 Å². The van der Waals surface area contributed by atoms with Gasteiger partial charge in [-0.3, -0.25) is 4.57 Å². The SMILES string of the molecule is CCOC(=O)/C(N)=C(/C=C(\N)n1ccnc1)CNC(=O)OC(C)(C)C.